The Morgan fingerprint density at radius 1 is 1.13 bits per heavy atom. The van der Waals surface area contributed by atoms with Gasteiger partial charge in [0.15, 0.2) is 6.10 Å². The van der Waals surface area contributed by atoms with Crippen LogP contribution in [0.15, 0.2) is 54.7 Å². The zero-order valence-electron chi connectivity index (χ0n) is 21.0. The van der Waals surface area contributed by atoms with Crippen LogP contribution in [0.5, 0.6) is 11.5 Å². The van der Waals surface area contributed by atoms with Gasteiger partial charge in [-0.25, -0.2) is 9.59 Å². The fourth-order valence-corrected chi connectivity index (χ4v) is 6.65. The molecule has 2 fully saturated rings. The number of methoxy groups -OCH3 is 1. The number of likely N-dealkylation sites (tertiary alicyclic amines) is 1. The number of nitrogens with one attached hydrogen (secondary N) is 1. The molecule has 0 saturated carbocycles. The zero-order chi connectivity index (χ0) is 26.4. The molecule has 2 N–H and O–H groups in total. The van der Waals surface area contributed by atoms with Gasteiger partial charge in [0, 0.05) is 44.6 Å². The van der Waals surface area contributed by atoms with Crippen LogP contribution in [-0.4, -0.2) is 65.2 Å². The van der Waals surface area contributed by atoms with Gasteiger partial charge in [0.1, 0.15) is 11.5 Å². The topological polar surface area (TPSA) is 110 Å². The van der Waals surface area contributed by atoms with E-state index >= 15 is 0 Å². The molecule has 2 aromatic heterocycles. The Morgan fingerprint density at radius 2 is 1.89 bits per heavy atom. The van der Waals surface area contributed by atoms with Crippen molar-refractivity contribution in [2.45, 2.75) is 43.8 Å². The van der Waals surface area contributed by atoms with E-state index in [2.05, 4.69) is 28.9 Å². The average molecular weight is 537 g/mol. The highest BCUT2D eigenvalue weighted by Gasteiger charge is 2.58. The van der Waals surface area contributed by atoms with Gasteiger partial charge in [-0.3, -0.25) is 4.90 Å². The molecule has 2 aliphatic heterocycles. The second kappa shape index (κ2) is 9.61. The summed E-state index contributed by atoms with van der Waals surface area (Å²) in [4.78, 5) is 30.6. The van der Waals surface area contributed by atoms with Crippen molar-refractivity contribution >= 4 is 44.3 Å². The molecule has 10 heteroatoms. The van der Waals surface area contributed by atoms with Crippen LogP contribution < -0.4 is 9.47 Å². The lowest BCUT2D eigenvalue weighted by molar-refractivity contribution is -0.319. The molecule has 0 unspecified atom stereocenters. The number of aliphatic hydroxyl groups excluding tert-OH is 1. The Balaban J connectivity index is 1.19. The van der Waals surface area contributed by atoms with Crippen LogP contribution in [0.25, 0.3) is 21.0 Å². The molecule has 38 heavy (non-hydrogen) atoms. The third-order valence-corrected chi connectivity index (χ3v) is 8.70. The van der Waals surface area contributed by atoms with E-state index in [0.717, 1.165) is 29.5 Å². The summed E-state index contributed by atoms with van der Waals surface area (Å²) in [6.45, 7) is 2.91. The first-order valence-electron chi connectivity index (χ1n) is 12.6. The highest BCUT2D eigenvalue weighted by atomic mass is 32.1. The number of aliphatic hydroxyl groups is 1. The number of aromatic nitrogens is 1. The summed E-state index contributed by atoms with van der Waals surface area (Å²) in [5.74, 6) is -3.09. The number of hydrogen-bond acceptors (Lipinski definition) is 9. The number of esters is 2. The number of hydrogen-bond donors (Lipinski definition) is 2. The van der Waals surface area contributed by atoms with E-state index < -0.39 is 24.0 Å². The number of piperidine rings is 1. The number of aromatic amines is 1. The Morgan fingerprint density at radius 3 is 2.66 bits per heavy atom. The molecular formula is C28H28N2O7S. The minimum atomic E-state index is -2.27. The molecule has 0 amide bonds. The number of benzene rings is 2. The van der Waals surface area contributed by atoms with Gasteiger partial charge in [0.2, 0.25) is 0 Å². The summed E-state index contributed by atoms with van der Waals surface area (Å²) in [6.07, 6.45) is 2.09. The molecule has 0 spiro atoms. The summed E-state index contributed by atoms with van der Waals surface area (Å²) in [5.41, 5.74) is 0.789. The number of ether oxygens (including phenoxy) is 4. The predicted molar refractivity (Wildman–Crippen MR) is 141 cm³/mol. The maximum atomic E-state index is 12.1. The van der Waals surface area contributed by atoms with Gasteiger partial charge in [0.25, 0.3) is 0 Å². The normalized spacial score (nSPS) is 22.4. The molecule has 3 atom stereocenters. The van der Waals surface area contributed by atoms with Gasteiger partial charge in [-0.2, -0.15) is 0 Å². The first-order valence-corrected chi connectivity index (χ1v) is 13.4. The number of carbonyl (C=O) groups excluding carboxylic acids is 2. The van der Waals surface area contributed by atoms with E-state index in [9.17, 15) is 14.7 Å². The van der Waals surface area contributed by atoms with E-state index in [1.165, 1.54) is 9.58 Å². The van der Waals surface area contributed by atoms with E-state index in [1.807, 2.05) is 18.2 Å². The highest BCUT2D eigenvalue weighted by Crippen LogP contribution is 2.41. The third kappa shape index (κ3) is 4.28. The average Bonchev–Trinajstić information content (AvgIpc) is 3.63. The van der Waals surface area contributed by atoms with Gasteiger partial charge in [-0.15, -0.1) is 11.3 Å². The summed E-state index contributed by atoms with van der Waals surface area (Å²) in [7, 11) is 1.69. The fourth-order valence-electron chi connectivity index (χ4n) is 5.42. The van der Waals surface area contributed by atoms with Crippen molar-refractivity contribution in [1.29, 1.82) is 0 Å². The maximum absolute atomic E-state index is 12.1. The van der Waals surface area contributed by atoms with Crippen molar-refractivity contribution in [3.05, 3.63) is 59.6 Å². The molecule has 4 heterocycles. The van der Waals surface area contributed by atoms with Crippen LogP contribution in [0.4, 0.5) is 0 Å². The maximum Gasteiger partial charge on any atom is 0.451 e. The first kappa shape index (κ1) is 24.7. The monoisotopic (exact) mass is 536 g/mol. The minimum Gasteiger partial charge on any atom is -0.496 e. The van der Waals surface area contributed by atoms with Gasteiger partial charge >= 0.3 is 17.9 Å². The minimum absolute atomic E-state index is 0.0950. The second-order valence-corrected chi connectivity index (χ2v) is 10.9. The Kier molecular flexibility index (Phi) is 6.25. The van der Waals surface area contributed by atoms with E-state index in [1.54, 1.807) is 42.8 Å². The molecule has 6 rings (SSSR count). The molecule has 2 aromatic carbocycles. The van der Waals surface area contributed by atoms with Crippen molar-refractivity contribution in [3.63, 3.8) is 0 Å². The van der Waals surface area contributed by atoms with E-state index in [-0.39, 0.29) is 12.6 Å². The number of thiophene rings is 1. The SMILES string of the molecule is COc1cccc2sc([C@@H]3CCN(C[C@H](O)C4(Oc5cccc6[nH]ccc56)OC(=O)C(=O)O4)[C@H](C)C3)cc12. The molecular weight excluding hydrogens is 508 g/mol. The number of β-amino-alcohol motifs (C(OH)–C–C–N with tert-alkyl or cyclic N) is 1. The highest BCUT2D eigenvalue weighted by molar-refractivity contribution is 7.19. The van der Waals surface area contributed by atoms with Crippen LogP contribution >= 0.6 is 11.3 Å². The van der Waals surface area contributed by atoms with E-state index in [0.29, 0.717) is 23.6 Å². The first-order chi connectivity index (χ1) is 18.4. The predicted octanol–water partition coefficient (Wildman–Crippen LogP) is 4.15. The van der Waals surface area contributed by atoms with Gasteiger partial charge in [-0.1, -0.05) is 12.1 Å². The summed E-state index contributed by atoms with van der Waals surface area (Å²) in [6, 6.07) is 15.5. The number of fused-ring (bicyclic) bond motifs is 2. The van der Waals surface area contributed by atoms with Gasteiger partial charge in [-0.05, 0) is 68.6 Å². The molecule has 2 aliphatic rings. The summed E-state index contributed by atoms with van der Waals surface area (Å²) >= 11 is 1.79. The van der Waals surface area contributed by atoms with Crippen LogP contribution in [0.3, 0.4) is 0 Å². The van der Waals surface area contributed by atoms with Crippen molar-refractivity contribution in [2.75, 3.05) is 20.2 Å². The number of nitrogens with zero attached hydrogens (tertiary/aromatic N) is 1. The molecule has 0 bridgehead atoms. The number of rotatable bonds is 7. The largest absolute Gasteiger partial charge is 0.496 e. The van der Waals surface area contributed by atoms with Gasteiger partial charge < -0.3 is 29.0 Å². The lowest BCUT2D eigenvalue weighted by atomic mass is 9.90. The van der Waals surface area contributed by atoms with Crippen molar-refractivity contribution in [2.24, 2.45) is 0 Å². The number of H-pyrrole nitrogens is 1. The van der Waals surface area contributed by atoms with E-state index in [4.69, 9.17) is 18.9 Å². The quantitative estimate of drug-likeness (QED) is 0.268. The standard InChI is InChI=1S/C28H28N2O7S/c1-16-13-17(24-14-19-21(34-2)6-4-8-23(19)38-24)10-12-30(16)15-25(31)28(36-26(32)27(33)37-28)35-22-7-3-5-20-18(22)9-11-29-20/h3-9,11,14,16-17,25,29,31H,10,12-13,15H2,1-2H3/t16-,17-,25+/m1/s1. The fraction of sp³-hybridized carbons (Fsp3) is 0.357. The molecule has 4 aromatic rings. The summed E-state index contributed by atoms with van der Waals surface area (Å²) in [5, 5.41) is 13.1. The Hall–Kier alpha value is -3.60. The number of carbonyl (C=O) groups is 2. The van der Waals surface area contributed by atoms with Crippen LogP contribution in [-0.2, 0) is 19.1 Å². The van der Waals surface area contributed by atoms with Crippen molar-refractivity contribution < 1.29 is 33.6 Å². The molecule has 9 nitrogen and oxygen atoms in total. The summed E-state index contributed by atoms with van der Waals surface area (Å²) < 4.78 is 23.2. The lowest BCUT2D eigenvalue weighted by Crippen LogP contribution is -2.56. The number of cyclic esters (lactones) is 2. The molecule has 0 aliphatic carbocycles. The van der Waals surface area contributed by atoms with Crippen molar-refractivity contribution in [3.8, 4) is 11.5 Å². The van der Waals surface area contributed by atoms with Crippen LogP contribution in [0.2, 0.25) is 0 Å². The van der Waals surface area contributed by atoms with Crippen molar-refractivity contribution in [1.82, 2.24) is 9.88 Å². The Bertz CT molecular complexity index is 1500. The smallest absolute Gasteiger partial charge is 0.451 e. The zero-order valence-corrected chi connectivity index (χ0v) is 21.8. The third-order valence-electron chi connectivity index (χ3n) is 7.44. The second-order valence-electron chi connectivity index (χ2n) is 9.78. The lowest BCUT2D eigenvalue weighted by Gasteiger charge is -2.40. The molecule has 198 valence electrons. The molecule has 0 radical (unpaired) electrons. The van der Waals surface area contributed by atoms with Crippen LogP contribution in [0.1, 0.15) is 30.6 Å². The van der Waals surface area contributed by atoms with Gasteiger partial charge in [0.05, 0.1) is 7.11 Å². The molecule has 2 saturated heterocycles. The van der Waals surface area contributed by atoms with Crippen LogP contribution in [0, 0.1) is 0 Å². The Labute approximate surface area is 222 Å².